The van der Waals surface area contributed by atoms with Gasteiger partial charge in [-0.05, 0) is 42.5 Å². The molecule has 1 aliphatic rings. The third-order valence-electron chi connectivity index (χ3n) is 4.41. The van der Waals surface area contributed by atoms with Gasteiger partial charge in [0, 0.05) is 24.5 Å². The van der Waals surface area contributed by atoms with Crippen molar-refractivity contribution in [3.8, 4) is 0 Å². The molecule has 7 nitrogen and oxygen atoms in total. The number of anilines is 3. The molecule has 1 saturated heterocycles. The van der Waals surface area contributed by atoms with Gasteiger partial charge < -0.3 is 15.0 Å². The van der Waals surface area contributed by atoms with Crippen LogP contribution in [0.4, 0.5) is 21.5 Å². The number of amides is 1. The maximum atomic E-state index is 13.4. The van der Waals surface area contributed by atoms with Gasteiger partial charge in [-0.15, -0.1) is 0 Å². The molecule has 0 atom stereocenters. The average molecular weight is 442 g/mol. The Balaban J connectivity index is 1.69. The van der Waals surface area contributed by atoms with Crippen molar-refractivity contribution in [2.45, 2.75) is 0 Å². The molecule has 0 unspecified atom stereocenters. The zero-order chi connectivity index (χ0) is 21.0. The van der Waals surface area contributed by atoms with E-state index in [1.54, 1.807) is 12.1 Å². The molecule has 2 aromatic carbocycles. The van der Waals surface area contributed by atoms with E-state index in [9.17, 15) is 17.6 Å². The van der Waals surface area contributed by atoms with Gasteiger partial charge in [0.1, 0.15) is 12.4 Å². The predicted molar refractivity (Wildman–Crippen MR) is 112 cm³/mol. The Hall–Kier alpha value is -2.36. The Morgan fingerprint density at radius 2 is 1.86 bits per heavy atom. The van der Waals surface area contributed by atoms with Crippen molar-refractivity contribution in [1.82, 2.24) is 0 Å². The Labute approximate surface area is 174 Å². The molecular formula is C19H21ClFN3O4S. The van der Waals surface area contributed by atoms with Gasteiger partial charge in [-0.25, -0.2) is 12.8 Å². The van der Waals surface area contributed by atoms with Crippen LogP contribution in [0.5, 0.6) is 0 Å². The summed E-state index contributed by atoms with van der Waals surface area (Å²) in [5.74, 6) is -1.20. The van der Waals surface area contributed by atoms with Gasteiger partial charge in [-0.3, -0.25) is 9.10 Å². The highest BCUT2D eigenvalue weighted by molar-refractivity contribution is 7.92. The van der Waals surface area contributed by atoms with Crippen LogP contribution in [0.3, 0.4) is 0 Å². The van der Waals surface area contributed by atoms with Crippen LogP contribution >= 0.6 is 11.6 Å². The largest absolute Gasteiger partial charge is 0.378 e. The maximum Gasteiger partial charge on any atom is 0.245 e. The zero-order valence-electron chi connectivity index (χ0n) is 15.8. The molecule has 10 heteroatoms. The third-order valence-corrected chi connectivity index (χ3v) is 5.84. The van der Waals surface area contributed by atoms with Crippen molar-refractivity contribution in [3.63, 3.8) is 0 Å². The number of hydrogen-bond acceptors (Lipinski definition) is 5. The van der Waals surface area contributed by atoms with E-state index in [4.69, 9.17) is 16.3 Å². The van der Waals surface area contributed by atoms with E-state index in [1.807, 2.05) is 12.1 Å². The summed E-state index contributed by atoms with van der Waals surface area (Å²) in [6.07, 6.45) is 0.967. The molecule has 156 valence electrons. The second kappa shape index (κ2) is 8.98. The molecule has 0 bridgehead atoms. The smallest absolute Gasteiger partial charge is 0.245 e. The fourth-order valence-corrected chi connectivity index (χ4v) is 3.97. The monoisotopic (exact) mass is 441 g/mol. The van der Waals surface area contributed by atoms with E-state index < -0.39 is 28.3 Å². The van der Waals surface area contributed by atoms with Gasteiger partial charge in [0.25, 0.3) is 0 Å². The van der Waals surface area contributed by atoms with Crippen LogP contribution in [0.1, 0.15) is 0 Å². The van der Waals surface area contributed by atoms with Crippen LogP contribution in [-0.2, 0) is 19.6 Å². The molecule has 1 N–H and O–H groups in total. The Bertz CT molecular complexity index is 979. The van der Waals surface area contributed by atoms with Gasteiger partial charge >= 0.3 is 0 Å². The number of ether oxygens (including phenoxy) is 1. The summed E-state index contributed by atoms with van der Waals surface area (Å²) in [5.41, 5.74) is 1.67. The molecule has 1 aliphatic heterocycles. The summed E-state index contributed by atoms with van der Waals surface area (Å²) < 4.78 is 43.8. The number of rotatable bonds is 6. The molecule has 0 spiro atoms. The molecule has 2 aromatic rings. The summed E-state index contributed by atoms with van der Waals surface area (Å²) in [7, 11) is -3.78. The number of morpholine rings is 1. The Morgan fingerprint density at radius 3 is 2.45 bits per heavy atom. The molecule has 1 heterocycles. The predicted octanol–water partition coefficient (Wildman–Crippen LogP) is 2.72. The average Bonchev–Trinajstić information content (AvgIpc) is 2.69. The highest BCUT2D eigenvalue weighted by Gasteiger charge is 2.22. The van der Waals surface area contributed by atoms with Crippen LogP contribution in [0.25, 0.3) is 0 Å². The first-order valence-corrected chi connectivity index (χ1v) is 11.1. The molecular weight excluding hydrogens is 421 g/mol. The number of sulfonamides is 1. The van der Waals surface area contributed by atoms with Crippen molar-refractivity contribution < 1.29 is 22.3 Å². The normalized spacial score (nSPS) is 14.5. The lowest BCUT2D eigenvalue weighted by atomic mass is 10.2. The minimum Gasteiger partial charge on any atom is -0.378 e. The summed E-state index contributed by atoms with van der Waals surface area (Å²) >= 11 is 5.74. The Kier molecular flexibility index (Phi) is 6.61. The first-order valence-electron chi connectivity index (χ1n) is 8.89. The number of benzene rings is 2. The highest BCUT2D eigenvalue weighted by atomic mass is 35.5. The number of hydrogen-bond donors (Lipinski definition) is 1. The minimum absolute atomic E-state index is 0.108. The summed E-state index contributed by atoms with van der Waals surface area (Å²) in [4.78, 5) is 14.6. The van der Waals surface area contributed by atoms with E-state index in [0.717, 1.165) is 35.4 Å². The van der Waals surface area contributed by atoms with Crippen LogP contribution in [0.15, 0.2) is 42.5 Å². The van der Waals surface area contributed by atoms with Crippen LogP contribution in [-0.4, -0.2) is 53.4 Å². The van der Waals surface area contributed by atoms with Crippen LogP contribution in [0, 0.1) is 5.82 Å². The topological polar surface area (TPSA) is 79.0 Å². The lowest BCUT2D eigenvalue weighted by Crippen LogP contribution is -2.37. The molecule has 1 fully saturated rings. The van der Waals surface area contributed by atoms with E-state index in [-0.39, 0.29) is 10.7 Å². The number of carbonyl (C=O) groups is 1. The maximum absolute atomic E-state index is 13.4. The molecule has 3 rings (SSSR count). The standard InChI is InChI=1S/C19H21ClFN3O4S/c1-29(26,27)24(16-6-7-18(21)17(20)12-16)13-19(25)22-14-2-4-15(5-3-14)23-8-10-28-11-9-23/h2-7,12H,8-11,13H2,1H3,(H,22,25). The second-order valence-electron chi connectivity index (χ2n) is 6.56. The second-order valence-corrected chi connectivity index (χ2v) is 8.88. The van der Waals surface area contributed by atoms with Crippen molar-refractivity contribution in [3.05, 3.63) is 53.3 Å². The number of nitrogens with one attached hydrogen (secondary N) is 1. The summed E-state index contributed by atoms with van der Waals surface area (Å²) in [5, 5.41) is 2.45. The number of nitrogens with zero attached hydrogens (tertiary/aromatic N) is 2. The fraction of sp³-hybridized carbons (Fsp3) is 0.316. The Morgan fingerprint density at radius 1 is 1.21 bits per heavy atom. The zero-order valence-corrected chi connectivity index (χ0v) is 17.3. The van der Waals surface area contributed by atoms with Gasteiger partial charge in [-0.2, -0.15) is 0 Å². The number of carbonyl (C=O) groups excluding carboxylic acids is 1. The first kappa shape index (κ1) is 21.4. The van der Waals surface area contributed by atoms with Crippen molar-refractivity contribution >= 4 is 44.6 Å². The van der Waals surface area contributed by atoms with Gasteiger partial charge in [0.05, 0.1) is 30.2 Å². The molecule has 0 aliphatic carbocycles. The summed E-state index contributed by atoms with van der Waals surface area (Å²) in [6, 6.07) is 10.8. The van der Waals surface area contributed by atoms with Gasteiger partial charge in [0.15, 0.2) is 0 Å². The molecule has 1 amide bonds. The fourth-order valence-electron chi connectivity index (χ4n) is 2.95. The van der Waals surface area contributed by atoms with E-state index in [2.05, 4.69) is 10.2 Å². The minimum atomic E-state index is -3.78. The van der Waals surface area contributed by atoms with Crippen molar-refractivity contribution in [2.75, 3.05) is 53.6 Å². The number of halogens is 2. The lowest BCUT2D eigenvalue weighted by molar-refractivity contribution is -0.114. The van der Waals surface area contributed by atoms with Crippen molar-refractivity contribution in [2.24, 2.45) is 0 Å². The van der Waals surface area contributed by atoms with Gasteiger partial charge in [0.2, 0.25) is 15.9 Å². The lowest BCUT2D eigenvalue weighted by Gasteiger charge is -2.29. The summed E-state index contributed by atoms with van der Waals surface area (Å²) in [6.45, 7) is 2.48. The van der Waals surface area contributed by atoms with Crippen LogP contribution in [0.2, 0.25) is 5.02 Å². The van der Waals surface area contributed by atoms with E-state index in [0.29, 0.717) is 18.9 Å². The van der Waals surface area contributed by atoms with Crippen LogP contribution < -0.4 is 14.5 Å². The third kappa shape index (κ3) is 5.59. The van der Waals surface area contributed by atoms with Crippen molar-refractivity contribution in [1.29, 1.82) is 0 Å². The molecule has 0 saturated carbocycles. The first-order chi connectivity index (χ1) is 13.7. The van der Waals surface area contributed by atoms with E-state index in [1.165, 1.54) is 12.1 Å². The SMILES string of the molecule is CS(=O)(=O)N(CC(=O)Nc1ccc(N2CCOCC2)cc1)c1ccc(F)c(Cl)c1. The molecule has 29 heavy (non-hydrogen) atoms. The highest BCUT2D eigenvalue weighted by Crippen LogP contribution is 2.25. The van der Waals surface area contributed by atoms with Gasteiger partial charge in [-0.1, -0.05) is 11.6 Å². The van der Waals surface area contributed by atoms with E-state index >= 15 is 0 Å². The molecule has 0 aromatic heterocycles. The molecule has 0 radical (unpaired) electrons. The quantitative estimate of drug-likeness (QED) is 0.745.